The maximum Gasteiger partial charge on any atom is 0.192 e. The number of terminal acetylenes is 1. The van der Waals surface area contributed by atoms with Gasteiger partial charge in [-0.1, -0.05) is 5.92 Å². The van der Waals surface area contributed by atoms with Gasteiger partial charge < -0.3 is 10.6 Å². The second-order valence-corrected chi connectivity index (χ2v) is 4.05. The molecule has 0 aliphatic rings. The molecule has 0 radical (unpaired) electrons. The Morgan fingerprint density at radius 2 is 2.44 bits per heavy atom. The van der Waals surface area contributed by atoms with Crippen LogP contribution in [0.15, 0.2) is 10.5 Å². The van der Waals surface area contributed by atoms with Crippen LogP contribution in [0.25, 0.3) is 0 Å². The summed E-state index contributed by atoms with van der Waals surface area (Å²) >= 11 is 1.62. The smallest absolute Gasteiger partial charge is 0.192 e. The zero-order valence-corrected chi connectivity index (χ0v) is 10.4. The molecule has 1 aromatic heterocycles. The van der Waals surface area contributed by atoms with Gasteiger partial charge in [-0.25, -0.2) is 9.98 Å². The number of thiazole rings is 1. The second kappa shape index (κ2) is 6.85. The summed E-state index contributed by atoms with van der Waals surface area (Å²) in [7, 11) is 0. The van der Waals surface area contributed by atoms with Crippen LogP contribution in [0.1, 0.15) is 17.5 Å². The number of guanidine groups is 1. The Hall–Kier alpha value is -1.54. The van der Waals surface area contributed by atoms with Crippen molar-refractivity contribution in [2.45, 2.75) is 20.4 Å². The second-order valence-electron chi connectivity index (χ2n) is 3.11. The Kier molecular flexibility index (Phi) is 5.37. The van der Waals surface area contributed by atoms with E-state index in [0.29, 0.717) is 13.1 Å². The molecule has 0 atom stereocenters. The van der Waals surface area contributed by atoms with Crippen LogP contribution in [-0.2, 0) is 6.54 Å². The normalized spacial score (nSPS) is 10.9. The molecule has 0 saturated heterocycles. The largest absolute Gasteiger partial charge is 0.357 e. The molecule has 16 heavy (non-hydrogen) atoms. The molecule has 0 bridgehead atoms. The first-order chi connectivity index (χ1) is 7.77. The molecule has 0 saturated carbocycles. The van der Waals surface area contributed by atoms with Crippen LogP contribution in [0.4, 0.5) is 0 Å². The first-order valence-electron chi connectivity index (χ1n) is 5.12. The summed E-state index contributed by atoms with van der Waals surface area (Å²) in [5.41, 5.74) is 2.88. The highest BCUT2D eigenvalue weighted by molar-refractivity contribution is 7.09. The number of hydrogen-bond acceptors (Lipinski definition) is 3. The van der Waals surface area contributed by atoms with Crippen molar-refractivity contribution in [3.63, 3.8) is 0 Å². The Morgan fingerprint density at radius 3 is 3.00 bits per heavy atom. The zero-order valence-electron chi connectivity index (χ0n) is 9.58. The topological polar surface area (TPSA) is 49.3 Å². The fourth-order valence-electron chi connectivity index (χ4n) is 1.11. The molecule has 1 aromatic rings. The predicted octanol–water partition coefficient (Wildman–Crippen LogP) is 1.14. The molecule has 0 amide bonds. The minimum Gasteiger partial charge on any atom is -0.357 e. The fraction of sp³-hybridized carbons (Fsp3) is 0.455. The third kappa shape index (κ3) is 3.91. The molecule has 0 aliphatic carbocycles. The lowest BCUT2D eigenvalue weighted by Gasteiger charge is -2.08. The van der Waals surface area contributed by atoms with E-state index in [0.717, 1.165) is 18.2 Å². The van der Waals surface area contributed by atoms with Crippen molar-refractivity contribution in [1.82, 2.24) is 15.6 Å². The SMILES string of the molecule is C#CCNC(=NCc1scnc1C)NCC. The predicted molar refractivity (Wildman–Crippen MR) is 68.5 cm³/mol. The summed E-state index contributed by atoms with van der Waals surface area (Å²) < 4.78 is 0. The first-order valence-corrected chi connectivity index (χ1v) is 6.00. The highest BCUT2D eigenvalue weighted by Gasteiger charge is 2.01. The van der Waals surface area contributed by atoms with Gasteiger partial charge in [0.1, 0.15) is 0 Å². The summed E-state index contributed by atoms with van der Waals surface area (Å²) in [4.78, 5) is 9.78. The molecule has 1 heterocycles. The van der Waals surface area contributed by atoms with Crippen LogP contribution in [0, 0.1) is 19.3 Å². The van der Waals surface area contributed by atoms with Gasteiger partial charge in [0.25, 0.3) is 0 Å². The fourth-order valence-corrected chi connectivity index (χ4v) is 1.81. The van der Waals surface area contributed by atoms with E-state index in [1.165, 1.54) is 4.88 Å². The molecule has 86 valence electrons. The lowest BCUT2D eigenvalue weighted by Crippen LogP contribution is -2.37. The third-order valence-electron chi connectivity index (χ3n) is 1.93. The minimum atomic E-state index is 0.480. The standard InChI is InChI=1S/C11H16N4S/c1-4-6-13-11(12-5-2)14-7-10-9(3)15-8-16-10/h1,8H,5-7H2,2-3H3,(H2,12,13,14). The van der Waals surface area contributed by atoms with Crippen molar-refractivity contribution >= 4 is 17.3 Å². The van der Waals surface area contributed by atoms with Crippen molar-refractivity contribution in [3.8, 4) is 12.3 Å². The summed E-state index contributed by atoms with van der Waals surface area (Å²) in [6.45, 7) is 5.94. The molecule has 2 N–H and O–H groups in total. The van der Waals surface area contributed by atoms with Gasteiger partial charge in [0.05, 0.1) is 24.3 Å². The van der Waals surface area contributed by atoms with Crippen molar-refractivity contribution in [2.75, 3.05) is 13.1 Å². The lowest BCUT2D eigenvalue weighted by atomic mass is 10.4. The van der Waals surface area contributed by atoms with Gasteiger partial charge in [-0.3, -0.25) is 0 Å². The van der Waals surface area contributed by atoms with Crippen molar-refractivity contribution in [1.29, 1.82) is 0 Å². The number of hydrogen-bond donors (Lipinski definition) is 2. The van der Waals surface area contributed by atoms with E-state index in [2.05, 4.69) is 26.5 Å². The van der Waals surface area contributed by atoms with E-state index in [-0.39, 0.29) is 0 Å². The van der Waals surface area contributed by atoms with E-state index in [9.17, 15) is 0 Å². The van der Waals surface area contributed by atoms with Crippen LogP contribution < -0.4 is 10.6 Å². The summed E-state index contributed by atoms with van der Waals surface area (Å²) in [5, 5.41) is 6.17. The molecule has 1 rings (SSSR count). The Morgan fingerprint density at radius 1 is 1.62 bits per heavy atom. The number of aryl methyl sites for hydroxylation is 1. The van der Waals surface area contributed by atoms with Gasteiger partial charge >= 0.3 is 0 Å². The average molecular weight is 236 g/mol. The van der Waals surface area contributed by atoms with Gasteiger partial charge in [0.2, 0.25) is 0 Å². The van der Waals surface area contributed by atoms with E-state index in [1.54, 1.807) is 11.3 Å². The van der Waals surface area contributed by atoms with Crippen LogP contribution >= 0.6 is 11.3 Å². The zero-order chi connectivity index (χ0) is 11.8. The Labute approximate surface area is 100 Å². The quantitative estimate of drug-likeness (QED) is 0.468. The van der Waals surface area contributed by atoms with Gasteiger partial charge in [-0.15, -0.1) is 17.8 Å². The molecule has 0 spiro atoms. The molecule has 0 aromatic carbocycles. The van der Waals surface area contributed by atoms with E-state index >= 15 is 0 Å². The molecule has 0 fully saturated rings. The number of rotatable bonds is 4. The number of nitrogens with one attached hydrogen (secondary N) is 2. The third-order valence-corrected chi connectivity index (χ3v) is 2.85. The van der Waals surface area contributed by atoms with Crippen molar-refractivity contribution in [3.05, 3.63) is 16.1 Å². The molecule has 0 unspecified atom stereocenters. The van der Waals surface area contributed by atoms with Gasteiger partial charge in [0, 0.05) is 11.4 Å². The van der Waals surface area contributed by atoms with Gasteiger partial charge in [0.15, 0.2) is 5.96 Å². The molecule has 4 nitrogen and oxygen atoms in total. The highest BCUT2D eigenvalue weighted by Crippen LogP contribution is 2.12. The van der Waals surface area contributed by atoms with E-state index < -0.39 is 0 Å². The molecular weight excluding hydrogens is 220 g/mol. The minimum absolute atomic E-state index is 0.480. The molecule has 0 aliphatic heterocycles. The van der Waals surface area contributed by atoms with Crippen molar-refractivity contribution < 1.29 is 0 Å². The summed E-state index contributed by atoms with van der Waals surface area (Å²) in [6, 6.07) is 0. The van der Waals surface area contributed by atoms with Crippen LogP contribution in [0.2, 0.25) is 0 Å². The molecular formula is C11H16N4S. The maximum atomic E-state index is 5.18. The van der Waals surface area contributed by atoms with Crippen LogP contribution in [0.3, 0.4) is 0 Å². The van der Waals surface area contributed by atoms with Crippen LogP contribution in [0.5, 0.6) is 0 Å². The Balaban J connectivity index is 2.57. The monoisotopic (exact) mass is 236 g/mol. The van der Waals surface area contributed by atoms with Crippen molar-refractivity contribution in [2.24, 2.45) is 4.99 Å². The number of aliphatic imine (C=N–C) groups is 1. The highest BCUT2D eigenvalue weighted by atomic mass is 32.1. The number of aromatic nitrogens is 1. The Bertz CT molecular complexity index is 389. The first kappa shape index (κ1) is 12.5. The number of nitrogens with zero attached hydrogens (tertiary/aromatic N) is 2. The maximum absolute atomic E-state index is 5.18. The lowest BCUT2D eigenvalue weighted by molar-refractivity contribution is 0.866. The molecule has 5 heteroatoms. The summed E-state index contributed by atoms with van der Waals surface area (Å²) in [6.07, 6.45) is 5.18. The average Bonchev–Trinajstić information content (AvgIpc) is 2.68. The van der Waals surface area contributed by atoms with Gasteiger partial charge in [-0.2, -0.15) is 0 Å². The van der Waals surface area contributed by atoms with E-state index in [1.807, 2.05) is 19.4 Å². The van der Waals surface area contributed by atoms with Gasteiger partial charge in [-0.05, 0) is 13.8 Å². The van der Waals surface area contributed by atoms with E-state index in [4.69, 9.17) is 6.42 Å². The summed E-state index contributed by atoms with van der Waals surface area (Å²) in [5.74, 6) is 3.26. The van der Waals surface area contributed by atoms with Crippen LogP contribution in [-0.4, -0.2) is 24.0 Å².